The predicted molar refractivity (Wildman–Crippen MR) is 110 cm³/mol. The molecular weight excluding hydrogens is 390 g/mol. The number of aromatic amines is 1. The number of piperazine rings is 1. The highest BCUT2D eigenvalue weighted by molar-refractivity contribution is 7.09. The van der Waals surface area contributed by atoms with Gasteiger partial charge in [0.05, 0.1) is 6.54 Å². The summed E-state index contributed by atoms with van der Waals surface area (Å²) < 4.78 is 1.08. The van der Waals surface area contributed by atoms with Crippen molar-refractivity contribution in [2.24, 2.45) is 0 Å². The molecule has 0 saturated carbocycles. The van der Waals surface area contributed by atoms with E-state index in [1.54, 1.807) is 17.3 Å². The molecule has 9 heteroatoms. The molecule has 0 atom stereocenters. The Morgan fingerprint density at radius 3 is 2.52 bits per heavy atom. The molecule has 0 unspecified atom stereocenters. The van der Waals surface area contributed by atoms with Crippen molar-refractivity contribution in [2.45, 2.75) is 13.1 Å². The summed E-state index contributed by atoms with van der Waals surface area (Å²) in [5, 5.41) is 1.88. The SMILES string of the molecule is O=C(c1c[nH]c(=O)n(Cc2cccs2)c1=O)N1CCN(Cc2ccncc2)CC1. The number of rotatable bonds is 5. The Kier molecular flexibility index (Phi) is 5.68. The van der Waals surface area contributed by atoms with Gasteiger partial charge in [-0.15, -0.1) is 11.3 Å². The fraction of sp³-hybridized carbons (Fsp3) is 0.300. The summed E-state index contributed by atoms with van der Waals surface area (Å²) in [7, 11) is 0. The lowest BCUT2D eigenvalue weighted by Gasteiger charge is -2.34. The number of nitrogens with one attached hydrogen (secondary N) is 1. The highest BCUT2D eigenvalue weighted by atomic mass is 32.1. The van der Waals surface area contributed by atoms with Crippen LogP contribution in [0, 0.1) is 0 Å². The first-order chi connectivity index (χ1) is 14.1. The molecule has 1 saturated heterocycles. The van der Waals surface area contributed by atoms with E-state index in [0.717, 1.165) is 29.1 Å². The summed E-state index contributed by atoms with van der Waals surface area (Å²) >= 11 is 1.46. The lowest BCUT2D eigenvalue weighted by atomic mass is 10.2. The molecule has 4 rings (SSSR count). The first-order valence-electron chi connectivity index (χ1n) is 9.37. The van der Waals surface area contributed by atoms with Crippen molar-refractivity contribution in [3.63, 3.8) is 0 Å². The van der Waals surface area contributed by atoms with Crippen molar-refractivity contribution in [1.82, 2.24) is 24.3 Å². The van der Waals surface area contributed by atoms with Gasteiger partial charge in [-0.2, -0.15) is 0 Å². The summed E-state index contributed by atoms with van der Waals surface area (Å²) in [4.78, 5) is 49.2. The summed E-state index contributed by atoms with van der Waals surface area (Å²) in [6.45, 7) is 3.48. The number of H-pyrrole nitrogens is 1. The van der Waals surface area contributed by atoms with E-state index in [2.05, 4.69) is 14.9 Å². The summed E-state index contributed by atoms with van der Waals surface area (Å²) in [6.07, 6.45) is 4.78. The third-order valence-corrected chi connectivity index (χ3v) is 5.86. The van der Waals surface area contributed by atoms with Crippen LogP contribution < -0.4 is 11.2 Å². The minimum absolute atomic E-state index is 0.00346. The van der Waals surface area contributed by atoms with Crippen molar-refractivity contribution in [1.29, 1.82) is 0 Å². The molecule has 3 aromatic heterocycles. The molecule has 1 aliphatic heterocycles. The second-order valence-electron chi connectivity index (χ2n) is 6.90. The molecule has 0 spiro atoms. The first kappa shape index (κ1) is 19.3. The van der Waals surface area contributed by atoms with Crippen LogP contribution in [-0.4, -0.2) is 56.4 Å². The monoisotopic (exact) mass is 411 g/mol. The average molecular weight is 411 g/mol. The van der Waals surface area contributed by atoms with Crippen molar-refractivity contribution < 1.29 is 4.79 Å². The minimum Gasteiger partial charge on any atom is -0.336 e. The molecule has 0 bridgehead atoms. The van der Waals surface area contributed by atoms with Crippen molar-refractivity contribution >= 4 is 17.2 Å². The lowest BCUT2D eigenvalue weighted by Crippen LogP contribution is -2.50. The fourth-order valence-electron chi connectivity index (χ4n) is 3.39. The topological polar surface area (TPSA) is 91.3 Å². The van der Waals surface area contributed by atoms with Crippen LogP contribution in [0.2, 0.25) is 0 Å². The molecule has 8 nitrogen and oxygen atoms in total. The molecule has 0 aliphatic carbocycles. The van der Waals surface area contributed by atoms with E-state index in [9.17, 15) is 14.4 Å². The second kappa shape index (κ2) is 8.54. The molecule has 29 heavy (non-hydrogen) atoms. The number of pyridine rings is 1. The Labute approximate surface area is 171 Å². The van der Waals surface area contributed by atoms with Crippen molar-refractivity contribution in [3.05, 3.63) is 85.1 Å². The van der Waals surface area contributed by atoms with Gasteiger partial charge < -0.3 is 9.88 Å². The van der Waals surface area contributed by atoms with E-state index in [-0.39, 0.29) is 18.0 Å². The molecule has 150 valence electrons. The summed E-state index contributed by atoms with van der Waals surface area (Å²) in [5.41, 5.74) is 0.120. The number of carbonyl (C=O) groups excluding carboxylic acids is 1. The number of aromatic nitrogens is 3. The highest BCUT2D eigenvalue weighted by Crippen LogP contribution is 2.11. The zero-order chi connectivity index (χ0) is 20.2. The van der Waals surface area contributed by atoms with Gasteiger partial charge in [0.1, 0.15) is 5.56 Å². The van der Waals surface area contributed by atoms with Gasteiger partial charge >= 0.3 is 5.69 Å². The fourth-order valence-corrected chi connectivity index (χ4v) is 4.08. The van der Waals surface area contributed by atoms with Crippen LogP contribution in [0.4, 0.5) is 0 Å². The normalized spacial score (nSPS) is 14.8. The van der Waals surface area contributed by atoms with Gasteiger partial charge in [-0.1, -0.05) is 6.07 Å². The highest BCUT2D eigenvalue weighted by Gasteiger charge is 2.25. The van der Waals surface area contributed by atoms with Crippen LogP contribution in [0.3, 0.4) is 0 Å². The molecule has 0 aromatic carbocycles. The molecule has 3 aromatic rings. The van der Waals surface area contributed by atoms with Gasteiger partial charge in [-0.25, -0.2) is 4.79 Å². The Morgan fingerprint density at radius 2 is 1.83 bits per heavy atom. The van der Waals surface area contributed by atoms with Gasteiger partial charge in [0.2, 0.25) is 0 Å². The van der Waals surface area contributed by atoms with Gasteiger partial charge in [-0.05, 0) is 29.1 Å². The largest absolute Gasteiger partial charge is 0.336 e. The Balaban J connectivity index is 1.45. The third-order valence-electron chi connectivity index (χ3n) is 5.00. The van der Waals surface area contributed by atoms with Crippen molar-refractivity contribution in [2.75, 3.05) is 26.2 Å². The number of nitrogens with zero attached hydrogens (tertiary/aromatic N) is 4. The van der Waals surface area contributed by atoms with E-state index in [1.165, 1.54) is 23.1 Å². The molecule has 1 N–H and O–H groups in total. The molecular formula is C20H21N5O3S. The number of hydrogen-bond donors (Lipinski definition) is 1. The maximum atomic E-state index is 12.9. The van der Waals surface area contributed by atoms with E-state index < -0.39 is 11.2 Å². The zero-order valence-electron chi connectivity index (χ0n) is 15.8. The zero-order valence-corrected chi connectivity index (χ0v) is 16.6. The van der Waals surface area contributed by atoms with Crippen LogP contribution in [0.25, 0.3) is 0 Å². The van der Waals surface area contributed by atoms with Gasteiger partial charge in [0.25, 0.3) is 11.5 Å². The summed E-state index contributed by atoms with van der Waals surface area (Å²) in [6, 6.07) is 7.68. The van der Waals surface area contributed by atoms with Gasteiger partial charge in [0.15, 0.2) is 0 Å². The number of thiophene rings is 1. The summed E-state index contributed by atoms with van der Waals surface area (Å²) in [5.74, 6) is -0.338. The van der Waals surface area contributed by atoms with E-state index >= 15 is 0 Å². The molecule has 1 amide bonds. The predicted octanol–water partition coefficient (Wildman–Crippen LogP) is 0.999. The van der Waals surface area contributed by atoms with Crippen LogP contribution in [0.1, 0.15) is 20.8 Å². The molecule has 1 aliphatic rings. The Morgan fingerprint density at radius 1 is 1.07 bits per heavy atom. The molecule has 0 radical (unpaired) electrons. The second-order valence-corrected chi connectivity index (χ2v) is 7.93. The number of hydrogen-bond acceptors (Lipinski definition) is 6. The first-order valence-corrected chi connectivity index (χ1v) is 10.3. The average Bonchev–Trinajstić information content (AvgIpc) is 3.25. The Bertz CT molecular complexity index is 1080. The van der Waals surface area contributed by atoms with E-state index in [4.69, 9.17) is 0 Å². The van der Waals surface area contributed by atoms with E-state index in [1.807, 2.05) is 29.6 Å². The van der Waals surface area contributed by atoms with Crippen LogP contribution >= 0.6 is 11.3 Å². The molecule has 1 fully saturated rings. The maximum Gasteiger partial charge on any atom is 0.328 e. The molecule has 4 heterocycles. The lowest BCUT2D eigenvalue weighted by molar-refractivity contribution is 0.0625. The third kappa shape index (κ3) is 4.36. The van der Waals surface area contributed by atoms with Gasteiger partial charge in [-0.3, -0.25) is 24.0 Å². The van der Waals surface area contributed by atoms with Crippen LogP contribution in [0.15, 0.2) is 57.8 Å². The number of amides is 1. The van der Waals surface area contributed by atoms with Crippen molar-refractivity contribution in [3.8, 4) is 0 Å². The maximum absolute atomic E-state index is 12.9. The van der Waals surface area contributed by atoms with Gasteiger partial charge in [0, 0.05) is 56.2 Å². The quantitative estimate of drug-likeness (QED) is 0.676. The number of carbonyl (C=O) groups is 1. The van der Waals surface area contributed by atoms with Crippen LogP contribution in [-0.2, 0) is 13.1 Å². The minimum atomic E-state index is -0.550. The standard InChI is InChI=1S/C20H21N5O3S/c26-18(24-9-7-23(8-10-24)13-15-3-5-21-6-4-15)17-12-22-20(28)25(19(17)27)14-16-2-1-11-29-16/h1-6,11-12H,7-10,13-14H2,(H,22,28). The van der Waals surface area contributed by atoms with E-state index in [0.29, 0.717) is 13.1 Å². The Hall–Kier alpha value is -3.04. The van der Waals surface area contributed by atoms with Crippen LogP contribution in [0.5, 0.6) is 0 Å². The smallest absolute Gasteiger partial charge is 0.328 e.